The zero-order valence-electron chi connectivity index (χ0n) is 15.9. The number of fused-ring (bicyclic) bond motifs is 1. The summed E-state index contributed by atoms with van der Waals surface area (Å²) in [6, 6.07) is 14.4. The average molecular weight is 367 g/mol. The van der Waals surface area contributed by atoms with Crippen LogP contribution in [0.5, 0.6) is 11.5 Å². The van der Waals surface area contributed by atoms with Crippen LogP contribution >= 0.6 is 0 Å². The van der Waals surface area contributed by atoms with Crippen LogP contribution in [0, 0.1) is 0 Å². The number of benzene rings is 2. The fourth-order valence-corrected chi connectivity index (χ4v) is 3.63. The highest BCUT2D eigenvalue weighted by Gasteiger charge is 2.19. The molecule has 0 aliphatic carbocycles. The van der Waals surface area contributed by atoms with Crippen LogP contribution in [0.15, 0.2) is 47.0 Å². The Balaban J connectivity index is 1.38. The molecule has 2 heterocycles. The monoisotopic (exact) mass is 367 g/mol. The van der Waals surface area contributed by atoms with E-state index in [1.807, 2.05) is 12.1 Å². The number of piperazine rings is 1. The highest BCUT2D eigenvalue weighted by atomic mass is 16.5. The molecule has 0 radical (unpaired) electrons. The maximum absolute atomic E-state index is 5.60. The fourth-order valence-electron chi connectivity index (χ4n) is 3.63. The first-order valence-corrected chi connectivity index (χ1v) is 9.31. The summed E-state index contributed by atoms with van der Waals surface area (Å²) in [5, 5.41) is 5.18. The van der Waals surface area contributed by atoms with E-state index in [4.69, 9.17) is 14.0 Å². The van der Waals surface area contributed by atoms with Gasteiger partial charge in [0, 0.05) is 56.3 Å². The highest BCUT2D eigenvalue weighted by Crippen LogP contribution is 2.33. The highest BCUT2D eigenvalue weighted by molar-refractivity contribution is 5.84. The van der Waals surface area contributed by atoms with Crippen molar-refractivity contribution in [3.05, 3.63) is 48.2 Å². The number of hydrogen-bond donors (Lipinski definition) is 0. The van der Waals surface area contributed by atoms with Crippen molar-refractivity contribution in [1.29, 1.82) is 0 Å². The molecule has 0 atom stereocenters. The van der Waals surface area contributed by atoms with Crippen molar-refractivity contribution in [3.8, 4) is 11.5 Å². The SMILES string of the molecule is COc1cc2noc(CCN3CCN(c4ccccc4)CC3)c2cc1OC. The van der Waals surface area contributed by atoms with Crippen molar-refractivity contribution in [1.82, 2.24) is 10.1 Å². The molecule has 1 aromatic heterocycles. The summed E-state index contributed by atoms with van der Waals surface area (Å²) in [7, 11) is 3.27. The zero-order chi connectivity index (χ0) is 18.6. The number of hydrogen-bond acceptors (Lipinski definition) is 6. The van der Waals surface area contributed by atoms with E-state index in [0.717, 1.165) is 55.8 Å². The Hall–Kier alpha value is -2.73. The molecular formula is C21H25N3O3. The Labute approximate surface area is 159 Å². The van der Waals surface area contributed by atoms with Gasteiger partial charge in [0.2, 0.25) is 0 Å². The Bertz CT molecular complexity index is 886. The molecule has 142 valence electrons. The van der Waals surface area contributed by atoms with E-state index in [2.05, 4.69) is 45.3 Å². The number of aromatic nitrogens is 1. The number of anilines is 1. The molecule has 2 aromatic carbocycles. The lowest BCUT2D eigenvalue weighted by molar-refractivity contribution is 0.251. The Kier molecular flexibility index (Phi) is 5.16. The Morgan fingerprint density at radius 1 is 0.963 bits per heavy atom. The summed E-state index contributed by atoms with van der Waals surface area (Å²) in [5.41, 5.74) is 2.11. The Morgan fingerprint density at radius 3 is 2.37 bits per heavy atom. The largest absolute Gasteiger partial charge is 0.493 e. The second-order valence-electron chi connectivity index (χ2n) is 6.74. The van der Waals surface area contributed by atoms with Gasteiger partial charge in [-0.1, -0.05) is 23.4 Å². The van der Waals surface area contributed by atoms with E-state index in [1.54, 1.807) is 14.2 Å². The van der Waals surface area contributed by atoms with Gasteiger partial charge in [0.15, 0.2) is 11.5 Å². The number of methoxy groups -OCH3 is 2. The molecule has 27 heavy (non-hydrogen) atoms. The van der Waals surface area contributed by atoms with E-state index < -0.39 is 0 Å². The third kappa shape index (κ3) is 3.71. The van der Waals surface area contributed by atoms with Crippen LogP contribution in [-0.2, 0) is 6.42 Å². The van der Waals surface area contributed by atoms with Gasteiger partial charge in [-0.2, -0.15) is 0 Å². The maximum atomic E-state index is 5.60. The first-order chi connectivity index (χ1) is 13.3. The third-order valence-electron chi connectivity index (χ3n) is 5.21. The predicted molar refractivity (Wildman–Crippen MR) is 106 cm³/mol. The van der Waals surface area contributed by atoms with E-state index >= 15 is 0 Å². The molecule has 6 nitrogen and oxygen atoms in total. The Morgan fingerprint density at radius 2 is 1.67 bits per heavy atom. The first-order valence-electron chi connectivity index (χ1n) is 9.31. The molecule has 1 aliphatic rings. The summed E-state index contributed by atoms with van der Waals surface area (Å²) in [6.07, 6.45) is 0.831. The smallest absolute Gasteiger partial charge is 0.163 e. The summed E-state index contributed by atoms with van der Waals surface area (Å²) in [5.74, 6) is 2.27. The molecule has 0 spiro atoms. The van der Waals surface area contributed by atoms with Crippen LogP contribution in [0.1, 0.15) is 5.76 Å². The number of ether oxygens (including phenoxy) is 2. The molecule has 0 unspecified atom stereocenters. The van der Waals surface area contributed by atoms with Crippen molar-refractivity contribution in [2.45, 2.75) is 6.42 Å². The molecule has 0 bridgehead atoms. The van der Waals surface area contributed by atoms with Crippen LogP contribution in [0.25, 0.3) is 10.9 Å². The van der Waals surface area contributed by atoms with Gasteiger partial charge in [-0.25, -0.2) is 0 Å². The van der Waals surface area contributed by atoms with Gasteiger partial charge in [0.05, 0.1) is 14.2 Å². The number of nitrogens with zero attached hydrogens (tertiary/aromatic N) is 3. The molecule has 0 amide bonds. The molecule has 1 fully saturated rings. The lowest BCUT2D eigenvalue weighted by atomic mass is 10.1. The predicted octanol–water partition coefficient (Wildman–Crippen LogP) is 3.21. The molecule has 4 rings (SSSR count). The standard InChI is InChI=1S/C21H25N3O3/c1-25-20-14-17-18(15-21(20)26-2)22-27-19(17)8-9-23-10-12-24(13-11-23)16-6-4-3-5-7-16/h3-7,14-15H,8-13H2,1-2H3. The van der Waals surface area contributed by atoms with E-state index in [-0.39, 0.29) is 0 Å². The minimum Gasteiger partial charge on any atom is -0.493 e. The minimum atomic E-state index is 0.668. The zero-order valence-corrected chi connectivity index (χ0v) is 15.9. The lowest BCUT2D eigenvalue weighted by Crippen LogP contribution is -2.46. The van der Waals surface area contributed by atoms with E-state index in [1.165, 1.54) is 5.69 Å². The first kappa shape index (κ1) is 17.7. The van der Waals surface area contributed by atoms with Crippen molar-refractivity contribution >= 4 is 16.6 Å². The summed E-state index contributed by atoms with van der Waals surface area (Å²) in [4.78, 5) is 4.92. The quantitative estimate of drug-likeness (QED) is 0.667. The van der Waals surface area contributed by atoms with Gasteiger partial charge in [0.1, 0.15) is 11.3 Å². The van der Waals surface area contributed by atoms with Gasteiger partial charge in [-0.05, 0) is 18.2 Å². The van der Waals surface area contributed by atoms with Crippen LogP contribution in [0.4, 0.5) is 5.69 Å². The topological polar surface area (TPSA) is 51.0 Å². The van der Waals surface area contributed by atoms with Gasteiger partial charge >= 0.3 is 0 Å². The van der Waals surface area contributed by atoms with Crippen LogP contribution in [-0.4, -0.2) is 57.0 Å². The third-order valence-corrected chi connectivity index (χ3v) is 5.21. The molecule has 3 aromatic rings. The maximum Gasteiger partial charge on any atom is 0.163 e. The van der Waals surface area contributed by atoms with Gasteiger partial charge in [-0.3, -0.25) is 4.90 Å². The van der Waals surface area contributed by atoms with Crippen molar-refractivity contribution in [2.24, 2.45) is 0 Å². The summed E-state index contributed by atoms with van der Waals surface area (Å²) >= 11 is 0. The van der Waals surface area contributed by atoms with Crippen molar-refractivity contribution in [2.75, 3.05) is 51.8 Å². The van der Waals surface area contributed by atoms with Gasteiger partial charge in [0.25, 0.3) is 0 Å². The van der Waals surface area contributed by atoms with E-state index in [0.29, 0.717) is 11.5 Å². The molecular weight excluding hydrogens is 342 g/mol. The normalized spacial score (nSPS) is 15.3. The summed E-state index contributed by atoms with van der Waals surface area (Å²) in [6.45, 7) is 5.16. The number of rotatable bonds is 6. The van der Waals surface area contributed by atoms with Crippen LogP contribution < -0.4 is 14.4 Å². The minimum absolute atomic E-state index is 0.668. The van der Waals surface area contributed by atoms with Gasteiger partial charge < -0.3 is 18.9 Å². The number of para-hydroxylation sites is 1. The molecule has 1 aliphatic heterocycles. The van der Waals surface area contributed by atoms with Crippen molar-refractivity contribution < 1.29 is 14.0 Å². The van der Waals surface area contributed by atoms with Gasteiger partial charge in [-0.15, -0.1) is 0 Å². The molecule has 0 N–H and O–H groups in total. The van der Waals surface area contributed by atoms with Crippen molar-refractivity contribution in [3.63, 3.8) is 0 Å². The second-order valence-corrected chi connectivity index (χ2v) is 6.74. The lowest BCUT2D eigenvalue weighted by Gasteiger charge is -2.36. The molecule has 6 heteroatoms. The fraction of sp³-hybridized carbons (Fsp3) is 0.381. The molecule has 0 saturated carbocycles. The van der Waals surface area contributed by atoms with Crippen LogP contribution in [0.3, 0.4) is 0 Å². The molecule has 1 saturated heterocycles. The van der Waals surface area contributed by atoms with Crippen LogP contribution in [0.2, 0.25) is 0 Å². The summed E-state index contributed by atoms with van der Waals surface area (Å²) < 4.78 is 16.3. The second kappa shape index (κ2) is 7.88. The average Bonchev–Trinajstić information content (AvgIpc) is 3.14. The van der Waals surface area contributed by atoms with E-state index in [9.17, 15) is 0 Å².